The molecule has 5 nitrogen and oxygen atoms in total. The molecular formula is C14H14Cl2N4O. The van der Waals surface area contributed by atoms with Crippen LogP contribution in [0.25, 0.3) is 0 Å². The fourth-order valence-electron chi connectivity index (χ4n) is 2.13. The van der Waals surface area contributed by atoms with Gasteiger partial charge < -0.3 is 0 Å². The second-order valence-corrected chi connectivity index (χ2v) is 6.92. The molecule has 1 aliphatic rings. The maximum atomic E-state index is 12.3. The van der Waals surface area contributed by atoms with Crippen molar-refractivity contribution in [2.24, 2.45) is 5.41 Å². The zero-order valence-electron chi connectivity index (χ0n) is 11.4. The number of nitrogens with zero attached hydrogens (tertiary/aromatic N) is 3. The molecule has 1 amide bonds. The zero-order chi connectivity index (χ0) is 15.1. The van der Waals surface area contributed by atoms with E-state index in [1.807, 2.05) is 30.3 Å². The summed E-state index contributed by atoms with van der Waals surface area (Å²) in [6.07, 6.45) is 2.01. The molecule has 1 aromatic carbocycles. The molecule has 1 aromatic heterocycles. The topological polar surface area (TPSA) is 59.8 Å². The lowest BCUT2D eigenvalue weighted by Gasteiger charge is -2.13. The Labute approximate surface area is 132 Å². The van der Waals surface area contributed by atoms with Gasteiger partial charge in [-0.2, -0.15) is 0 Å². The highest BCUT2D eigenvalue weighted by Crippen LogP contribution is 2.64. The van der Waals surface area contributed by atoms with Gasteiger partial charge in [-0.05, 0) is 18.9 Å². The SMILES string of the molecule is CC1(C(=O)Nc2nncn2Cc2ccccc2)CC1(Cl)Cl. The lowest BCUT2D eigenvalue weighted by molar-refractivity contribution is -0.120. The fourth-order valence-corrected chi connectivity index (χ4v) is 2.84. The number of hydrogen-bond donors (Lipinski definition) is 1. The number of benzene rings is 1. The maximum absolute atomic E-state index is 12.3. The molecular weight excluding hydrogens is 311 g/mol. The summed E-state index contributed by atoms with van der Waals surface area (Å²) >= 11 is 12.0. The van der Waals surface area contributed by atoms with E-state index in [2.05, 4.69) is 15.5 Å². The van der Waals surface area contributed by atoms with E-state index in [1.165, 1.54) is 0 Å². The molecule has 0 bridgehead atoms. The Hall–Kier alpha value is -1.59. The molecule has 1 atom stereocenters. The number of carbonyl (C=O) groups excluding carboxylic acids is 1. The third-order valence-electron chi connectivity index (χ3n) is 3.80. The van der Waals surface area contributed by atoms with Crippen molar-refractivity contribution in [3.63, 3.8) is 0 Å². The molecule has 110 valence electrons. The van der Waals surface area contributed by atoms with Gasteiger partial charge in [0.15, 0.2) is 0 Å². The highest BCUT2D eigenvalue weighted by atomic mass is 35.5. The second kappa shape index (κ2) is 5.00. The van der Waals surface area contributed by atoms with Gasteiger partial charge in [-0.15, -0.1) is 33.4 Å². The molecule has 1 aliphatic carbocycles. The third kappa shape index (κ3) is 2.63. The Kier molecular flexibility index (Phi) is 3.42. The van der Waals surface area contributed by atoms with E-state index in [-0.39, 0.29) is 5.91 Å². The summed E-state index contributed by atoms with van der Waals surface area (Å²) in [6.45, 7) is 2.31. The van der Waals surface area contributed by atoms with Crippen LogP contribution in [0.1, 0.15) is 18.9 Å². The van der Waals surface area contributed by atoms with Crippen LogP contribution in [0, 0.1) is 5.41 Å². The van der Waals surface area contributed by atoms with Gasteiger partial charge in [-0.25, -0.2) is 0 Å². The van der Waals surface area contributed by atoms with Crippen molar-refractivity contribution in [3.05, 3.63) is 42.2 Å². The minimum Gasteiger partial charge on any atom is -0.295 e. The van der Waals surface area contributed by atoms with Crippen molar-refractivity contribution in [3.8, 4) is 0 Å². The monoisotopic (exact) mass is 324 g/mol. The lowest BCUT2D eigenvalue weighted by Crippen LogP contribution is -2.27. The Morgan fingerprint density at radius 1 is 1.38 bits per heavy atom. The number of alkyl halides is 2. The van der Waals surface area contributed by atoms with Gasteiger partial charge in [0, 0.05) is 0 Å². The summed E-state index contributed by atoms with van der Waals surface area (Å²) in [5.41, 5.74) is 0.314. The summed E-state index contributed by atoms with van der Waals surface area (Å²) in [5, 5.41) is 10.5. The van der Waals surface area contributed by atoms with Crippen LogP contribution in [0.15, 0.2) is 36.7 Å². The highest BCUT2D eigenvalue weighted by Gasteiger charge is 2.68. The number of amides is 1. The van der Waals surface area contributed by atoms with Crippen molar-refractivity contribution >= 4 is 35.1 Å². The standard InChI is InChI=1S/C14H14Cl2N4O/c1-13(8-14(13,15)16)11(21)18-12-19-17-9-20(12)7-10-5-3-2-4-6-10/h2-6,9H,7-8H2,1H3,(H,18,19,21). The molecule has 1 saturated carbocycles. The molecule has 0 radical (unpaired) electrons. The van der Waals surface area contributed by atoms with E-state index >= 15 is 0 Å². The average molecular weight is 325 g/mol. The molecule has 0 spiro atoms. The second-order valence-electron chi connectivity index (χ2n) is 5.44. The van der Waals surface area contributed by atoms with Gasteiger partial charge in [0.2, 0.25) is 11.9 Å². The summed E-state index contributed by atoms with van der Waals surface area (Å²) in [5.74, 6) is 0.149. The number of halogens is 2. The van der Waals surface area contributed by atoms with Crippen LogP contribution in [-0.4, -0.2) is 25.0 Å². The van der Waals surface area contributed by atoms with E-state index < -0.39 is 9.75 Å². The van der Waals surface area contributed by atoms with Crippen LogP contribution < -0.4 is 5.32 Å². The quantitative estimate of drug-likeness (QED) is 0.880. The van der Waals surface area contributed by atoms with Crippen LogP contribution in [0.2, 0.25) is 0 Å². The number of rotatable bonds is 4. The first-order chi connectivity index (χ1) is 9.92. The molecule has 3 rings (SSSR count). The number of carbonyl (C=O) groups is 1. The number of anilines is 1. The Balaban J connectivity index is 1.73. The van der Waals surface area contributed by atoms with Crippen molar-refractivity contribution in [2.45, 2.75) is 24.2 Å². The van der Waals surface area contributed by atoms with Crippen LogP contribution in [0.3, 0.4) is 0 Å². The summed E-state index contributed by atoms with van der Waals surface area (Å²) in [4.78, 5) is 12.3. The first-order valence-electron chi connectivity index (χ1n) is 6.53. The van der Waals surface area contributed by atoms with Crippen molar-refractivity contribution in [2.75, 3.05) is 5.32 Å². The fraction of sp³-hybridized carbons (Fsp3) is 0.357. The zero-order valence-corrected chi connectivity index (χ0v) is 12.9. The predicted molar refractivity (Wildman–Crippen MR) is 81.4 cm³/mol. The van der Waals surface area contributed by atoms with Crippen LogP contribution >= 0.6 is 23.2 Å². The molecule has 7 heteroatoms. The van der Waals surface area contributed by atoms with Crippen LogP contribution in [0.5, 0.6) is 0 Å². The molecule has 1 heterocycles. The molecule has 21 heavy (non-hydrogen) atoms. The van der Waals surface area contributed by atoms with Gasteiger partial charge in [0.1, 0.15) is 10.7 Å². The van der Waals surface area contributed by atoms with Crippen LogP contribution in [-0.2, 0) is 11.3 Å². The minimum atomic E-state index is -0.999. The smallest absolute Gasteiger partial charge is 0.235 e. The van der Waals surface area contributed by atoms with E-state index in [4.69, 9.17) is 23.2 Å². The summed E-state index contributed by atoms with van der Waals surface area (Å²) in [6, 6.07) is 9.86. The molecule has 1 N–H and O–H groups in total. The Morgan fingerprint density at radius 2 is 2.05 bits per heavy atom. The first kappa shape index (κ1) is 14.4. The van der Waals surface area contributed by atoms with E-state index in [0.717, 1.165) is 5.56 Å². The lowest BCUT2D eigenvalue weighted by atomic mass is 10.1. The average Bonchev–Trinajstić information content (AvgIpc) is 2.78. The van der Waals surface area contributed by atoms with Gasteiger partial charge in [-0.1, -0.05) is 30.3 Å². The third-order valence-corrected chi connectivity index (χ3v) is 4.90. The Morgan fingerprint density at radius 3 is 2.67 bits per heavy atom. The van der Waals surface area contributed by atoms with Gasteiger partial charge >= 0.3 is 0 Å². The molecule has 1 fully saturated rings. The van der Waals surface area contributed by atoms with E-state index in [0.29, 0.717) is 18.9 Å². The molecule has 0 aliphatic heterocycles. The normalized spacial score (nSPS) is 22.8. The maximum Gasteiger partial charge on any atom is 0.235 e. The number of aromatic nitrogens is 3. The number of hydrogen-bond acceptors (Lipinski definition) is 3. The molecule has 0 saturated heterocycles. The van der Waals surface area contributed by atoms with Gasteiger partial charge in [0.05, 0.1) is 12.0 Å². The molecule has 2 aromatic rings. The first-order valence-corrected chi connectivity index (χ1v) is 7.29. The van der Waals surface area contributed by atoms with Gasteiger partial charge in [0.25, 0.3) is 0 Å². The van der Waals surface area contributed by atoms with Gasteiger partial charge in [-0.3, -0.25) is 14.7 Å². The van der Waals surface area contributed by atoms with E-state index in [1.54, 1.807) is 17.8 Å². The summed E-state index contributed by atoms with van der Waals surface area (Å²) in [7, 11) is 0. The molecule has 1 unspecified atom stereocenters. The largest absolute Gasteiger partial charge is 0.295 e. The highest BCUT2D eigenvalue weighted by molar-refractivity contribution is 6.53. The van der Waals surface area contributed by atoms with Crippen molar-refractivity contribution < 1.29 is 4.79 Å². The summed E-state index contributed by atoms with van der Waals surface area (Å²) < 4.78 is 0.768. The van der Waals surface area contributed by atoms with Crippen LogP contribution in [0.4, 0.5) is 5.95 Å². The van der Waals surface area contributed by atoms with Crippen molar-refractivity contribution in [1.82, 2.24) is 14.8 Å². The Bertz CT molecular complexity index is 671. The number of nitrogens with one attached hydrogen (secondary N) is 1. The van der Waals surface area contributed by atoms with Crippen molar-refractivity contribution in [1.29, 1.82) is 0 Å². The van der Waals surface area contributed by atoms with E-state index in [9.17, 15) is 4.79 Å². The minimum absolute atomic E-state index is 0.241. The predicted octanol–water partition coefficient (Wildman–Crippen LogP) is 2.85.